The van der Waals surface area contributed by atoms with Crippen LogP contribution >= 0.6 is 11.6 Å². The number of halogens is 1. The Hall–Kier alpha value is -3.10. The van der Waals surface area contributed by atoms with E-state index in [-0.39, 0.29) is 11.7 Å². The number of rotatable bonds is 5. The molecule has 0 radical (unpaired) electrons. The van der Waals surface area contributed by atoms with Crippen LogP contribution in [-0.2, 0) is 0 Å². The smallest absolute Gasteiger partial charge is 0.221 e. The SMILES string of the molecule is Cc1c(C=CCN2CCN(c3cc(O)cc(Cl)c3)CC2)cnn1-c1ccnc(N)n1. The van der Waals surface area contributed by atoms with Crippen molar-refractivity contribution in [3.8, 4) is 11.6 Å². The second-order valence-corrected chi connectivity index (χ2v) is 7.66. The van der Waals surface area contributed by atoms with E-state index in [4.69, 9.17) is 17.3 Å². The summed E-state index contributed by atoms with van der Waals surface area (Å²) in [7, 11) is 0. The Kier molecular flexibility index (Phi) is 5.87. The minimum Gasteiger partial charge on any atom is -0.508 e. The van der Waals surface area contributed by atoms with Gasteiger partial charge < -0.3 is 15.7 Å². The Balaban J connectivity index is 1.34. The van der Waals surface area contributed by atoms with Crippen LogP contribution in [0.5, 0.6) is 5.75 Å². The summed E-state index contributed by atoms with van der Waals surface area (Å²) in [6.07, 6.45) is 7.70. The van der Waals surface area contributed by atoms with Crippen molar-refractivity contribution in [2.24, 2.45) is 0 Å². The lowest BCUT2D eigenvalue weighted by Crippen LogP contribution is -2.46. The van der Waals surface area contributed by atoms with Gasteiger partial charge in [-0.25, -0.2) is 9.67 Å². The molecule has 1 aliphatic heterocycles. The fourth-order valence-corrected chi connectivity index (χ4v) is 3.78. The molecule has 0 unspecified atom stereocenters. The van der Waals surface area contributed by atoms with Crippen molar-refractivity contribution in [2.75, 3.05) is 43.4 Å². The molecule has 0 spiro atoms. The van der Waals surface area contributed by atoms with Gasteiger partial charge in [-0.1, -0.05) is 23.8 Å². The van der Waals surface area contributed by atoms with Crippen LogP contribution in [0.4, 0.5) is 11.6 Å². The molecule has 156 valence electrons. The van der Waals surface area contributed by atoms with Crippen molar-refractivity contribution in [1.82, 2.24) is 24.6 Å². The number of aromatic hydroxyl groups is 1. The zero-order chi connectivity index (χ0) is 21.1. The first-order chi connectivity index (χ1) is 14.5. The number of hydrogen-bond donors (Lipinski definition) is 2. The molecule has 3 aromatic rings. The Morgan fingerprint density at radius 3 is 2.73 bits per heavy atom. The van der Waals surface area contributed by atoms with Crippen LogP contribution in [0.1, 0.15) is 11.3 Å². The third-order valence-corrected chi connectivity index (χ3v) is 5.41. The van der Waals surface area contributed by atoms with Crippen molar-refractivity contribution in [3.05, 3.63) is 59.0 Å². The van der Waals surface area contributed by atoms with Gasteiger partial charge in [-0.3, -0.25) is 4.90 Å². The zero-order valence-electron chi connectivity index (χ0n) is 16.7. The van der Waals surface area contributed by atoms with Gasteiger partial charge in [0.1, 0.15) is 5.75 Å². The fourth-order valence-electron chi connectivity index (χ4n) is 3.56. The van der Waals surface area contributed by atoms with Gasteiger partial charge in [-0.05, 0) is 19.1 Å². The molecule has 9 heteroatoms. The zero-order valence-corrected chi connectivity index (χ0v) is 17.5. The molecule has 0 amide bonds. The maximum absolute atomic E-state index is 9.76. The largest absolute Gasteiger partial charge is 0.508 e. The minimum absolute atomic E-state index is 0.198. The lowest BCUT2D eigenvalue weighted by Gasteiger charge is -2.35. The van der Waals surface area contributed by atoms with Crippen LogP contribution < -0.4 is 10.6 Å². The first-order valence-corrected chi connectivity index (χ1v) is 10.1. The van der Waals surface area contributed by atoms with Crippen molar-refractivity contribution in [1.29, 1.82) is 0 Å². The summed E-state index contributed by atoms with van der Waals surface area (Å²) in [5, 5.41) is 14.7. The number of nitrogen functional groups attached to an aromatic ring is 1. The lowest BCUT2D eigenvalue weighted by atomic mass is 10.2. The molecule has 1 fully saturated rings. The molecule has 1 saturated heterocycles. The Morgan fingerprint density at radius 2 is 2.00 bits per heavy atom. The summed E-state index contributed by atoms with van der Waals surface area (Å²) in [4.78, 5) is 12.8. The molecule has 3 heterocycles. The molecular weight excluding hydrogens is 402 g/mol. The maximum atomic E-state index is 9.76. The van der Waals surface area contributed by atoms with E-state index in [1.807, 2.05) is 19.2 Å². The quantitative estimate of drug-likeness (QED) is 0.648. The highest BCUT2D eigenvalue weighted by molar-refractivity contribution is 6.31. The standard InChI is InChI=1S/C21H24ClN7O/c1-15-16(14-25-29(15)20-4-5-24-21(23)26-20)3-2-6-27-7-9-28(10-8-27)18-11-17(22)12-19(30)13-18/h2-5,11-14,30H,6-10H2,1H3,(H2,23,24,26). The van der Waals surface area contributed by atoms with E-state index in [0.717, 1.165) is 49.7 Å². The van der Waals surface area contributed by atoms with Crippen LogP contribution in [0, 0.1) is 6.92 Å². The predicted molar refractivity (Wildman–Crippen MR) is 119 cm³/mol. The molecule has 0 aliphatic carbocycles. The van der Waals surface area contributed by atoms with Gasteiger partial charge in [-0.2, -0.15) is 10.1 Å². The van der Waals surface area contributed by atoms with E-state index in [1.165, 1.54) is 0 Å². The molecule has 0 saturated carbocycles. The summed E-state index contributed by atoms with van der Waals surface area (Å²) in [5.74, 6) is 1.08. The number of phenolic OH excluding ortho intramolecular Hbond substituents is 1. The maximum Gasteiger partial charge on any atom is 0.221 e. The minimum atomic E-state index is 0.198. The van der Waals surface area contributed by atoms with Crippen molar-refractivity contribution < 1.29 is 5.11 Å². The number of nitrogens with two attached hydrogens (primary N) is 1. The second-order valence-electron chi connectivity index (χ2n) is 7.23. The Bertz CT molecular complexity index is 1040. The Labute approximate surface area is 180 Å². The van der Waals surface area contributed by atoms with Gasteiger partial charge in [0.2, 0.25) is 5.95 Å². The van der Waals surface area contributed by atoms with E-state index in [9.17, 15) is 5.11 Å². The number of aromatic nitrogens is 4. The summed E-state index contributed by atoms with van der Waals surface area (Å²) < 4.78 is 1.76. The fraction of sp³-hybridized carbons (Fsp3) is 0.286. The molecule has 8 nitrogen and oxygen atoms in total. The highest BCUT2D eigenvalue weighted by Gasteiger charge is 2.17. The highest BCUT2D eigenvalue weighted by Crippen LogP contribution is 2.27. The number of hydrogen-bond acceptors (Lipinski definition) is 7. The molecule has 0 atom stereocenters. The van der Waals surface area contributed by atoms with Crippen LogP contribution in [0.15, 0.2) is 42.7 Å². The number of nitrogens with zero attached hydrogens (tertiary/aromatic N) is 6. The topological polar surface area (TPSA) is 96.3 Å². The van der Waals surface area contributed by atoms with E-state index < -0.39 is 0 Å². The molecule has 4 rings (SSSR count). The molecule has 30 heavy (non-hydrogen) atoms. The van der Waals surface area contributed by atoms with Crippen LogP contribution in [0.3, 0.4) is 0 Å². The number of phenols is 1. The van der Waals surface area contributed by atoms with E-state index >= 15 is 0 Å². The average Bonchev–Trinajstić information content (AvgIpc) is 3.08. The monoisotopic (exact) mass is 425 g/mol. The second kappa shape index (κ2) is 8.73. The highest BCUT2D eigenvalue weighted by atomic mass is 35.5. The van der Waals surface area contributed by atoms with Gasteiger partial charge in [0.15, 0.2) is 5.82 Å². The Morgan fingerprint density at radius 1 is 1.20 bits per heavy atom. The normalized spacial score (nSPS) is 15.2. The van der Waals surface area contributed by atoms with E-state index in [2.05, 4.69) is 37.0 Å². The van der Waals surface area contributed by atoms with Crippen molar-refractivity contribution >= 4 is 29.3 Å². The number of piperazine rings is 1. The average molecular weight is 426 g/mol. The molecule has 1 aliphatic rings. The van der Waals surface area contributed by atoms with E-state index in [1.54, 1.807) is 29.1 Å². The summed E-state index contributed by atoms with van der Waals surface area (Å²) in [5.41, 5.74) is 8.67. The van der Waals surface area contributed by atoms with Gasteiger partial charge in [-0.15, -0.1) is 0 Å². The molecule has 2 aromatic heterocycles. The molecular formula is C21H24ClN7O. The van der Waals surface area contributed by atoms with Crippen LogP contribution in [0.2, 0.25) is 5.02 Å². The van der Waals surface area contributed by atoms with E-state index in [0.29, 0.717) is 10.8 Å². The predicted octanol–water partition coefficient (Wildman–Crippen LogP) is 2.75. The van der Waals surface area contributed by atoms with Gasteiger partial charge >= 0.3 is 0 Å². The van der Waals surface area contributed by atoms with Gasteiger partial charge in [0.05, 0.1) is 11.9 Å². The third-order valence-electron chi connectivity index (χ3n) is 5.19. The van der Waals surface area contributed by atoms with Crippen LogP contribution in [0.25, 0.3) is 11.9 Å². The first-order valence-electron chi connectivity index (χ1n) is 9.76. The molecule has 3 N–H and O–H groups in total. The molecule has 0 bridgehead atoms. The summed E-state index contributed by atoms with van der Waals surface area (Å²) in [6.45, 7) is 6.52. The lowest BCUT2D eigenvalue weighted by molar-refractivity contribution is 0.284. The van der Waals surface area contributed by atoms with Crippen LogP contribution in [-0.4, -0.2) is 62.5 Å². The van der Waals surface area contributed by atoms with Crippen molar-refractivity contribution in [2.45, 2.75) is 6.92 Å². The van der Waals surface area contributed by atoms with Crippen molar-refractivity contribution in [3.63, 3.8) is 0 Å². The van der Waals surface area contributed by atoms with Gasteiger partial charge in [0.25, 0.3) is 0 Å². The third kappa shape index (κ3) is 4.55. The summed E-state index contributed by atoms with van der Waals surface area (Å²) >= 11 is 6.06. The number of anilines is 2. The first kappa shape index (κ1) is 20.2. The summed E-state index contributed by atoms with van der Waals surface area (Å²) in [6, 6.07) is 6.98. The number of benzene rings is 1. The van der Waals surface area contributed by atoms with Gasteiger partial charge in [0, 0.05) is 67.3 Å². The molecule has 1 aromatic carbocycles.